The summed E-state index contributed by atoms with van der Waals surface area (Å²) in [6.45, 7) is 2.40. The summed E-state index contributed by atoms with van der Waals surface area (Å²) in [6, 6.07) is 25.7. The van der Waals surface area contributed by atoms with Crippen molar-refractivity contribution in [1.82, 2.24) is 0 Å². The van der Waals surface area contributed by atoms with Crippen molar-refractivity contribution in [3.63, 3.8) is 0 Å². The van der Waals surface area contributed by atoms with E-state index in [2.05, 4.69) is 31.2 Å². The third kappa shape index (κ3) is 4.45. The molecule has 0 saturated heterocycles. The lowest BCUT2D eigenvalue weighted by Crippen LogP contribution is -2.00. The Morgan fingerprint density at radius 1 is 0.897 bits per heavy atom. The van der Waals surface area contributed by atoms with E-state index in [0.29, 0.717) is 16.7 Å². The van der Waals surface area contributed by atoms with Crippen molar-refractivity contribution in [2.75, 3.05) is 0 Å². The molecular formula is C25H19Cl2NO. The lowest BCUT2D eigenvalue weighted by Gasteiger charge is -2.13. The van der Waals surface area contributed by atoms with Crippen LogP contribution in [-0.4, -0.2) is 6.21 Å². The smallest absolute Gasteiger partial charge is 0.129 e. The van der Waals surface area contributed by atoms with E-state index < -0.39 is 0 Å². The van der Waals surface area contributed by atoms with E-state index in [4.69, 9.17) is 32.9 Å². The number of rotatable bonds is 5. The normalized spacial score (nSPS) is 11.3. The fourth-order valence-electron chi connectivity index (χ4n) is 3.17. The third-order valence-corrected chi connectivity index (χ3v) is 5.36. The van der Waals surface area contributed by atoms with Crippen molar-refractivity contribution in [3.05, 3.63) is 106 Å². The zero-order valence-corrected chi connectivity index (χ0v) is 17.4. The van der Waals surface area contributed by atoms with E-state index >= 15 is 0 Å². The largest absolute Gasteiger partial charge is 0.488 e. The molecule has 0 aliphatic carbocycles. The van der Waals surface area contributed by atoms with Crippen molar-refractivity contribution >= 4 is 45.9 Å². The molecule has 0 aromatic heterocycles. The van der Waals surface area contributed by atoms with Crippen LogP contribution in [-0.2, 0) is 6.61 Å². The van der Waals surface area contributed by atoms with E-state index in [1.807, 2.05) is 54.7 Å². The molecule has 0 atom stereocenters. The Balaban J connectivity index is 1.71. The molecule has 0 fully saturated rings. The standard InChI is InChI=1S/C25H19Cl2NO/c1-17-6-2-5-9-24(17)28-15-22-21-8-4-3-7-18(21)11-13-25(22)29-16-19-10-12-20(26)14-23(19)27/h2-15H,16H2,1H3. The quantitative estimate of drug-likeness (QED) is 0.302. The molecule has 0 radical (unpaired) electrons. The molecule has 0 bridgehead atoms. The van der Waals surface area contributed by atoms with Gasteiger partial charge in [-0.15, -0.1) is 0 Å². The highest BCUT2D eigenvalue weighted by molar-refractivity contribution is 6.35. The fraction of sp³-hybridized carbons (Fsp3) is 0.0800. The summed E-state index contributed by atoms with van der Waals surface area (Å²) in [4.78, 5) is 4.72. The minimum Gasteiger partial charge on any atom is -0.488 e. The summed E-state index contributed by atoms with van der Waals surface area (Å²) in [5.41, 5.74) is 3.88. The van der Waals surface area contributed by atoms with Gasteiger partial charge in [0, 0.05) is 27.4 Å². The van der Waals surface area contributed by atoms with Gasteiger partial charge in [0.2, 0.25) is 0 Å². The molecule has 0 saturated carbocycles. The molecule has 0 heterocycles. The summed E-state index contributed by atoms with van der Waals surface area (Å²) in [7, 11) is 0. The highest BCUT2D eigenvalue weighted by atomic mass is 35.5. The zero-order valence-electron chi connectivity index (χ0n) is 15.9. The first-order valence-electron chi connectivity index (χ1n) is 9.30. The highest BCUT2D eigenvalue weighted by Gasteiger charge is 2.09. The molecule has 0 N–H and O–H groups in total. The number of hydrogen-bond acceptors (Lipinski definition) is 2. The van der Waals surface area contributed by atoms with Crippen molar-refractivity contribution < 1.29 is 4.74 Å². The molecule has 0 amide bonds. The van der Waals surface area contributed by atoms with Gasteiger partial charge in [-0.25, -0.2) is 0 Å². The summed E-state index contributed by atoms with van der Waals surface area (Å²) < 4.78 is 6.15. The van der Waals surface area contributed by atoms with Crippen LogP contribution in [0.5, 0.6) is 5.75 Å². The van der Waals surface area contributed by atoms with Gasteiger partial charge in [0.15, 0.2) is 0 Å². The average Bonchev–Trinajstić information content (AvgIpc) is 2.73. The second-order valence-electron chi connectivity index (χ2n) is 6.77. The van der Waals surface area contributed by atoms with Crippen LogP contribution in [0.4, 0.5) is 5.69 Å². The Morgan fingerprint density at radius 2 is 1.69 bits per heavy atom. The molecule has 144 valence electrons. The first-order valence-corrected chi connectivity index (χ1v) is 10.1. The first kappa shape index (κ1) is 19.5. The van der Waals surface area contributed by atoms with Crippen molar-refractivity contribution in [1.29, 1.82) is 0 Å². The van der Waals surface area contributed by atoms with Crippen LogP contribution < -0.4 is 4.74 Å². The van der Waals surface area contributed by atoms with E-state index in [1.165, 1.54) is 0 Å². The third-order valence-electron chi connectivity index (χ3n) is 4.78. The molecule has 4 heteroatoms. The Labute approximate surface area is 180 Å². The Morgan fingerprint density at radius 3 is 2.52 bits per heavy atom. The van der Waals surface area contributed by atoms with Gasteiger partial charge < -0.3 is 4.74 Å². The van der Waals surface area contributed by atoms with Crippen LogP contribution in [0.3, 0.4) is 0 Å². The first-order chi connectivity index (χ1) is 14.1. The number of aliphatic imine (C=N–C) groups is 1. The number of fused-ring (bicyclic) bond motifs is 1. The summed E-state index contributed by atoms with van der Waals surface area (Å²) >= 11 is 12.3. The van der Waals surface area contributed by atoms with Crippen LogP contribution in [0, 0.1) is 6.92 Å². The van der Waals surface area contributed by atoms with E-state index in [1.54, 1.807) is 6.07 Å². The van der Waals surface area contributed by atoms with Crippen molar-refractivity contribution in [2.24, 2.45) is 4.99 Å². The highest BCUT2D eigenvalue weighted by Crippen LogP contribution is 2.30. The molecule has 29 heavy (non-hydrogen) atoms. The maximum absolute atomic E-state index is 6.30. The molecule has 0 unspecified atom stereocenters. The van der Waals surface area contributed by atoms with Crippen molar-refractivity contribution in [3.8, 4) is 5.75 Å². The molecule has 4 aromatic carbocycles. The van der Waals surface area contributed by atoms with Gasteiger partial charge in [0.1, 0.15) is 12.4 Å². The number of para-hydroxylation sites is 1. The van der Waals surface area contributed by atoms with E-state index in [9.17, 15) is 0 Å². The van der Waals surface area contributed by atoms with Crippen molar-refractivity contribution in [2.45, 2.75) is 13.5 Å². The number of nitrogens with zero attached hydrogens (tertiary/aromatic N) is 1. The monoisotopic (exact) mass is 419 g/mol. The molecule has 4 rings (SSSR count). The summed E-state index contributed by atoms with van der Waals surface area (Å²) in [5.74, 6) is 0.757. The maximum atomic E-state index is 6.30. The van der Waals surface area contributed by atoms with Gasteiger partial charge in [0.05, 0.1) is 5.69 Å². The summed E-state index contributed by atoms with van der Waals surface area (Å²) in [6.07, 6.45) is 1.88. The van der Waals surface area contributed by atoms with Gasteiger partial charge >= 0.3 is 0 Å². The van der Waals surface area contributed by atoms with Crippen LogP contribution in [0.15, 0.2) is 83.9 Å². The van der Waals surface area contributed by atoms with Gasteiger partial charge in [-0.3, -0.25) is 4.99 Å². The minimum absolute atomic E-state index is 0.347. The maximum Gasteiger partial charge on any atom is 0.129 e. The number of ether oxygens (including phenoxy) is 1. The van der Waals surface area contributed by atoms with Crippen LogP contribution >= 0.6 is 23.2 Å². The average molecular weight is 420 g/mol. The number of halogens is 2. The predicted octanol–water partition coefficient (Wildman–Crippen LogP) is 7.78. The van der Waals surface area contributed by atoms with Crippen LogP contribution in [0.2, 0.25) is 10.0 Å². The van der Waals surface area contributed by atoms with Gasteiger partial charge in [-0.05, 0) is 47.5 Å². The number of hydrogen-bond donors (Lipinski definition) is 0. The fourth-order valence-corrected chi connectivity index (χ4v) is 3.63. The van der Waals surface area contributed by atoms with Crippen LogP contribution in [0.25, 0.3) is 10.8 Å². The van der Waals surface area contributed by atoms with Gasteiger partial charge in [-0.2, -0.15) is 0 Å². The molecule has 4 aromatic rings. The summed E-state index contributed by atoms with van der Waals surface area (Å²) in [5, 5.41) is 3.42. The molecule has 2 nitrogen and oxygen atoms in total. The molecular weight excluding hydrogens is 401 g/mol. The molecule has 0 aliphatic rings. The predicted molar refractivity (Wildman–Crippen MR) is 123 cm³/mol. The SMILES string of the molecule is Cc1ccccc1N=Cc1c(OCc2ccc(Cl)cc2Cl)ccc2ccccc12. The second-order valence-corrected chi connectivity index (χ2v) is 7.61. The Bertz CT molecular complexity index is 1200. The Kier molecular flexibility index (Phi) is 5.84. The minimum atomic E-state index is 0.347. The number of aryl methyl sites for hydroxylation is 1. The van der Waals surface area contributed by atoms with Gasteiger partial charge in [0.25, 0.3) is 0 Å². The van der Waals surface area contributed by atoms with Crippen LogP contribution in [0.1, 0.15) is 16.7 Å². The Hall–Kier alpha value is -2.81. The number of benzene rings is 4. The second kappa shape index (κ2) is 8.69. The lowest BCUT2D eigenvalue weighted by atomic mass is 10.0. The molecule has 0 spiro atoms. The lowest BCUT2D eigenvalue weighted by molar-refractivity contribution is 0.306. The van der Waals surface area contributed by atoms with E-state index in [-0.39, 0.29) is 0 Å². The molecule has 0 aliphatic heterocycles. The van der Waals surface area contributed by atoms with Gasteiger partial charge in [-0.1, -0.05) is 77.8 Å². The topological polar surface area (TPSA) is 21.6 Å². The zero-order chi connectivity index (χ0) is 20.2. The van der Waals surface area contributed by atoms with E-state index in [0.717, 1.165) is 38.9 Å².